The van der Waals surface area contributed by atoms with Crippen LogP contribution in [0.3, 0.4) is 0 Å². The molecule has 0 saturated heterocycles. The van der Waals surface area contributed by atoms with Gasteiger partial charge < -0.3 is 20.1 Å². The van der Waals surface area contributed by atoms with Crippen molar-refractivity contribution >= 4 is 29.9 Å². The molecule has 2 rings (SSSR count). The van der Waals surface area contributed by atoms with Crippen LogP contribution in [0, 0.1) is 5.92 Å². The summed E-state index contributed by atoms with van der Waals surface area (Å²) in [4.78, 5) is 4.27. The summed E-state index contributed by atoms with van der Waals surface area (Å²) in [5.41, 5.74) is 1.21. The second-order valence-electron chi connectivity index (χ2n) is 6.39. The first-order valence-corrected chi connectivity index (χ1v) is 8.89. The molecule has 0 radical (unpaired) electrons. The van der Waals surface area contributed by atoms with Crippen LogP contribution in [-0.2, 0) is 4.74 Å². The molecule has 5 nitrogen and oxygen atoms in total. The summed E-state index contributed by atoms with van der Waals surface area (Å²) in [6.07, 6.45) is 3.69. The van der Waals surface area contributed by atoms with Crippen LogP contribution < -0.4 is 15.4 Å². The maximum Gasteiger partial charge on any atom is 0.190 e. The third kappa shape index (κ3) is 8.27. The Morgan fingerprint density at radius 3 is 2.72 bits per heavy atom. The van der Waals surface area contributed by atoms with Gasteiger partial charge in [-0.1, -0.05) is 25.1 Å². The zero-order valence-corrected chi connectivity index (χ0v) is 17.9. The Morgan fingerprint density at radius 1 is 1.28 bits per heavy atom. The third-order valence-corrected chi connectivity index (χ3v) is 4.28. The van der Waals surface area contributed by atoms with E-state index in [0.29, 0.717) is 5.92 Å². The molecule has 1 aliphatic carbocycles. The van der Waals surface area contributed by atoms with Gasteiger partial charge in [0.15, 0.2) is 5.96 Å². The highest BCUT2D eigenvalue weighted by atomic mass is 127. The zero-order valence-electron chi connectivity index (χ0n) is 15.6. The molecule has 0 aliphatic heterocycles. The van der Waals surface area contributed by atoms with Gasteiger partial charge in [-0.3, -0.25) is 4.99 Å². The lowest BCUT2D eigenvalue weighted by Gasteiger charge is -2.18. The topological polar surface area (TPSA) is 54.9 Å². The van der Waals surface area contributed by atoms with Crippen LogP contribution in [0.1, 0.15) is 37.7 Å². The molecule has 0 bridgehead atoms. The highest BCUT2D eigenvalue weighted by Gasteiger charge is 2.20. The Labute approximate surface area is 169 Å². The monoisotopic (exact) mass is 461 g/mol. The first kappa shape index (κ1) is 22.0. The molecule has 1 unspecified atom stereocenters. The van der Waals surface area contributed by atoms with E-state index in [1.807, 2.05) is 18.2 Å². The number of guanidine groups is 1. The quantitative estimate of drug-likeness (QED) is 0.243. The number of nitrogens with zero attached hydrogens (tertiary/aromatic N) is 1. The highest BCUT2D eigenvalue weighted by Crippen LogP contribution is 2.28. The summed E-state index contributed by atoms with van der Waals surface area (Å²) in [5.74, 6) is 2.94. The molecule has 0 heterocycles. The van der Waals surface area contributed by atoms with Crippen LogP contribution in [0.4, 0.5) is 0 Å². The van der Waals surface area contributed by atoms with Gasteiger partial charge in [0, 0.05) is 39.3 Å². The second kappa shape index (κ2) is 12.4. The predicted molar refractivity (Wildman–Crippen MR) is 114 cm³/mol. The fourth-order valence-corrected chi connectivity index (χ4v) is 2.57. The van der Waals surface area contributed by atoms with Gasteiger partial charge in [-0.15, -0.1) is 24.0 Å². The van der Waals surface area contributed by atoms with E-state index in [0.717, 1.165) is 50.4 Å². The van der Waals surface area contributed by atoms with Crippen molar-refractivity contribution in [2.75, 3.05) is 40.5 Å². The average molecular weight is 461 g/mol. The van der Waals surface area contributed by atoms with E-state index in [9.17, 15) is 0 Å². The van der Waals surface area contributed by atoms with Crippen LogP contribution in [0.5, 0.6) is 5.75 Å². The van der Waals surface area contributed by atoms with Crippen molar-refractivity contribution in [3.8, 4) is 5.75 Å². The standard InChI is InChI=1S/C19H31N3O2.HI/c1-15(17-7-4-5-8-18(17)23-3)13-22-19(20-2)21-11-6-12-24-14-16-9-10-16;/h4-5,7-8,15-16H,6,9-14H2,1-3H3,(H2,20,21,22);1H. The lowest BCUT2D eigenvalue weighted by Crippen LogP contribution is -2.39. The maximum atomic E-state index is 5.64. The Kier molecular flexibility index (Phi) is 10.9. The minimum atomic E-state index is 0. The summed E-state index contributed by atoms with van der Waals surface area (Å²) < 4.78 is 11.1. The normalized spacial score (nSPS) is 15.2. The third-order valence-electron chi connectivity index (χ3n) is 4.28. The van der Waals surface area contributed by atoms with Gasteiger partial charge >= 0.3 is 0 Å². The number of ether oxygens (including phenoxy) is 2. The molecular weight excluding hydrogens is 429 g/mol. The molecule has 25 heavy (non-hydrogen) atoms. The van der Waals surface area contributed by atoms with Crippen molar-refractivity contribution in [2.24, 2.45) is 10.9 Å². The van der Waals surface area contributed by atoms with Crippen molar-refractivity contribution < 1.29 is 9.47 Å². The summed E-state index contributed by atoms with van der Waals surface area (Å²) in [5, 5.41) is 6.72. The van der Waals surface area contributed by atoms with Crippen molar-refractivity contribution in [3.63, 3.8) is 0 Å². The fraction of sp³-hybridized carbons (Fsp3) is 0.632. The second-order valence-corrected chi connectivity index (χ2v) is 6.39. The van der Waals surface area contributed by atoms with Crippen LogP contribution in [0.25, 0.3) is 0 Å². The van der Waals surface area contributed by atoms with Crippen LogP contribution in [0.2, 0.25) is 0 Å². The molecule has 1 aromatic rings. The average Bonchev–Trinajstić information content (AvgIpc) is 3.44. The number of rotatable bonds is 10. The fourth-order valence-electron chi connectivity index (χ4n) is 2.57. The van der Waals surface area contributed by atoms with Crippen molar-refractivity contribution in [1.29, 1.82) is 0 Å². The number of aliphatic imine (C=N–C) groups is 1. The molecule has 0 spiro atoms. The number of para-hydroxylation sites is 1. The molecule has 1 fully saturated rings. The van der Waals surface area contributed by atoms with Gasteiger partial charge in [-0.05, 0) is 36.8 Å². The Hall–Kier alpha value is -1.02. The smallest absolute Gasteiger partial charge is 0.190 e. The molecule has 2 N–H and O–H groups in total. The number of halogens is 1. The summed E-state index contributed by atoms with van der Waals surface area (Å²) in [6.45, 7) is 5.61. The number of methoxy groups -OCH3 is 1. The van der Waals surface area contributed by atoms with Gasteiger partial charge in [-0.25, -0.2) is 0 Å². The van der Waals surface area contributed by atoms with Gasteiger partial charge in [0.2, 0.25) is 0 Å². The maximum absolute atomic E-state index is 5.64. The van der Waals surface area contributed by atoms with Crippen LogP contribution in [-0.4, -0.2) is 46.4 Å². The van der Waals surface area contributed by atoms with Crippen molar-refractivity contribution in [2.45, 2.75) is 32.1 Å². The van der Waals surface area contributed by atoms with E-state index in [2.05, 4.69) is 28.6 Å². The van der Waals surface area contributed by atoms with E-state index in [1.165, 1.54) is 18.4 Å². The summed E-state index contributed by atoms with van der Waals surface area (Å²) >= 11 is 0. The van der Waals surface area contributed by atoms with E-state index in [1.54, 1.807) is 14.2 Å². The first-order valence-electron chi connectivity index (χ1n) is 8.89. The van der Waals surface area contributed by atoms with Crippen LogP contribution in [0.15, 0.2) is 29.3 Å². The Balaban J connectivity index is 0.00000312. The molecule has 1 saturated carbocycles. The molecular formula is C19H32IN3O2. The van der Waals surface area contributed by atoms with Crippen molar-refractivity contribution in [1.82, 2.24) is 10.6 Å². The lowest BCUT2D eigenvalue weighted by molar-refractivity contribution is 0.123. The van der Waals surface area contributed by atoms with E-state index in [4.69, 9.17) is 9.47 Å². The van der Waals surface area contributed by atoms with E-state index in [-0.39, 0.29) is 24.0 Å². The van der Waals surface area contributed by atoms with E-state index < -0.39 is 0 Å². The van der Waals surface area contributed by atoms with Gasteiger partial charge in [0.1, 0.15) is 5.75 Å². The van der Waals surface area contributed by atoms with Gasteiger partial charge in [0.25, 0.3) is 0 Å². The lowest BCUT2D eigenvalue weighted by atomic mass is 10.0. The number of nitrogens with one attached hydrogen (secondary N) is 2. The summed E-state index contributed by atoms with van der Waals surface area (Å²) in [6, 6.07) is 8.15. The van der Waals surface area contributed by atoms with Gasteiger partial charge in [0.05, 0.1) is 7.11 Å². The number of benzene rings is 1. The molecule has 0 amide bonds. The Morgan fingerprint density at radius 2 is 2.04 bits per heavy atom. The predicted octanol–water partition coefficient (Wildman–Crippen LogP) is 3.40. The highest BCUT2D eigenvalue weighted by molar-refractivity contribution is 14.0. The summed E-state index contributed by atoms with van der Waals surface area (Å²) in [7, 11) is 3.51. The molecule has 1 aliphatic rings. The van der Waals surface area contributed by atoms with Gasteiger partial charge in [-0.2, -0.15) is 0 Å². The molecule has 1 aromatic carbocycles. The molecule has 142 valence electrons. The molecule has 1 atom stereocenters. The molecule has 0 aromatic heterocycles. The number of hydrogen-bond donors (Lipinski definition) is 2. The first-order chi connectivity index (χ1) is 11.7. The Bertz CT molecular complexity index is 521. The molecule has 6 heteroatoms. The largest absolute Gasteiger partial charge is 0.496 e. The van der Waals surface area contributed by atoms with Crippen molar-refractivity contribution in [3.05, 3.63) is 29.8 Å². The SMILES string of the molecule is CN=C(NCCCOCC1CC1)NCC(C)c1ccccc1OC.I. The van der Waals surface area contributed by atoms with E-state index >= 15 is 0 Å². The minimum Gasteiger partial charge on any atom is -0.496 e. The van der Waals surface area contributed by atoms with Crippen LogP contribution >= 0.6 is 24.0 Å². The minimum absolute atomic E-state index is 0. The zero-order chi connectivity index (χ0) is 17.2. The number of hydrogen-bond acceptors (Lipinski definition) is 3.